The summed E-state index contributed by atoms with van der Waals surface area (Å²) in [6.45, 7) is 14.8. The fourth-order valence-electron chi connectivity index (χ4n) is 4.04. The Kier molecular flexibility index (Phi) is 4.71. The lowest BCUT2D eigenvalue weighted by Gasteiger charge is -2.37. The molecule has 0 bridgehead atoms. The zero-order chi connectivity index (χ0) is 13.2. The molecule has 2 nitrogen and oxygen atoms in total. The van der Waals surface area contributed by atoms with Gasteiger partial charge in [-0.1, -0.05) is 33.1 Å². The molecule has 2 aliphatic rings. The fourth-order valence-corrected chi connectivity index (χ4v) is 4.04. The Morgan fingerprint density at radius 1 is 1.28 bits per heavy atom. The maximum absolute atomic E-state index is 3.58. The Bertz CT molecular complexity index is 262. The first-order valence-electron chi connectivity index (χ1n) is 8.05. The van der Waals surface area contributed by atoms with Gasteiger partial charge in [-0.2, -0.15) is 0 Å². The summed E-state index contributed by atoms with van der Waals surface area (Å²) in [5.74, 6) is 2.70. The molecule has 18 heavy (non-hydrogen) atoms. The van der Waals surface area contributed by atoms with Crippen molar-refractivity contribution < 1.29 is 0 Å². The van der Waals surface area contributed by atoms with Gasteiger partial charge in [-0.15, -0.1) is 0 Å². The maximum Gasteiger partial charge on any atom is 0.0197 e. The normalized spacial score (nSPS) is 32.7. The van der Waals surface area contributed by atoms with E-state index >= 15 is 0 Å². The molecule has 0 spiro atoms. The lowest BCUT2D eigenvalue weighted by molar-refractivity contribution is 0.114. The minimum atomic E-state index is 0.411. The lowest BCUT2D eigenvalue weighted by Crippen LogP contribution is -2.46. The number of fused-ring (bicyclic) bond motifs is 1. The van der Waals surface area contributed by atoms with Crippen molar-refractivity contribution in [2.45, 2.75) is 58.9 Å². The second-order valence-electron chi connectivity index (χ2n) is 7.00. The molecule has 3 atom stereocenters. The summed E-state index contributed by atoms with van der Waals surface area (Å²) in [6.07, 6.45) is 5.52. The van der Waals surface area contributed by atoms with Crippen LogP contribution in [0.25, 0.3) is 0 Å². The van der Waals surface area contributed by atoms with E-state index in [1.54, 1.807) is 0 Å². The van der Waals surface area contributed by atoms with Crippen molar-refractivity contribution in [1.29, 1.82) is 0 Å². The first-order chi connectivity index (χ1) is 8.59. The van der Waals surface area contributed by atoms with Gasteiger partial charge in [0.1, 0.15) is 0 Å². The average molecular weight is 252 g/mol. The molecule has 0 aromatic carbocycles. The van der Waals surface area contributed by atoms with Gasteiger partial charge in [-0.25, -0.2) is 0 Å². The second kappa shape index (κ2) is 5.92. The highest BCUT2D eigenvalue weighted by Crippen LogP contribution is 2.41. The quantitative estimate of drug-likeness (QED) is 0.781. The number of unbranched alkanes of at least 4 members (excludes halogenated alkanes) is 1. The lowest BCUT2D eigenvalue weighted by atomic mass is 9.84. The maximum atomic E-state index is 3.58. The van der Waals surface area contributed by atoms with Crippen LogP contribution in [0.4, 0.5) is 0 Å². The first kappa shape index (κ1) is 14.3. The standard InChI is InChI=1S/C16H32N2/c1-5-7-8-13(6-2)11-18-12-14-9-17-10-15(14)16(18,3)4/h13-15,17H,5-12H2,1-4H3. The van der Waals surface area contributed by atoms with E-state index in [4.69, 9.17) is 0 Å². The van der Waals surface area contributed by atoms with Gasteiger partial charge in [0.2, 0.25) is 0 Å². The first-order valence-corrected chi connectivity index (χ1v) is 8.05. The van der Waals surface area contributed by atoms with E-state index in [-0.39, 0.29) is 0 Å². The summed E-state index contributed by atoms with van der Waals surface area (Å²) in [6, 6.07) is 0. The monoisotopic (exact) mass is 252 g/mol. The fraction of sp³-hybridized carbons (Fsp3) is 1.00. The van der Waals surface area contributed by atoms with E-state index in [0.29, 0.717) is 5.54 Å². The molecule has 0 aliphatic carbocycles. The van der Waals surface area contributed by atoms with Gasteiger partial charge in [-0.3, -0.25) is 4.90 Å². The van der Waals surface area contributed by atoms with Crippen molar-refractivity contribution in [2.75, 3.05) is 26.2 Å². The third kappa shape index (κ3) is 2.75. The molecule has 2 aliphatic heterocycles. The van der Waals surface area contributed by atoms with E-state index in [9.17, 15) is 0 Å². The van der Waals surface area contributed by atoms with Crippen LogP contribution in [0.3, 0.4) is 0 Å². The number of rotatable bonds is 6. The number of nitrogens with zero attached hydrogens (tertiary/aromatic N) is 1. The van der Waals surface area contributed by atoms with Gasteiger partial charge < -0.3 is 5.32 Å². The summed E-state index contributed by atoms with van der Waals surface area (Å²) in [5.41, 5.74) is 0.411. The van der Waals surface area contributed by atoms with Crippen molar-refractivity contribution in [3.05, 3.63) is 0 Å². The van der Waals surface area contributed by atoms with Crippen LogP contribution in [0.2, 0.25) is 0 Å². The predicted octanol–water partition coefficient (Wildman–Crippen LogP) is 3.13. The number of nitrogens with one attached hydrogen (secondary N) is 1. The number of hydrogen-bond donors (Lipinski definition) is 1. The average Bonchev–Trinajstić information content (AvgIpc) is 2.88. The van der Waals surface area contributed by atoms with Crippen LogP contribution in [0, 0.1) is 17.8 Å². The Morgan fingerprint density at radius 3 is 2.67 bits per heavy atom. The van der Waals surface area contributed by atoms with Crippen LogP contribution in [-0.2, 0) is 0 Å². The minimum Gasteiger partial charge on any atom is -0.316 e. The predicted molar refractivity (Wildman–Crippen MR) is 78.8 cm³/mol. The van der Waals surface area contributed by atoms with E-state index in [2.05, 4.69) is 37.9 Å². The Morgan fingerprint density at radius 2 is 2.06 bits per heavy atom. The third-order valence-electron chi connectivity index (χ3n) is 5.54. The molecule has 2 saturated heterocycles. The van der Waals surface area contributed by atoms with Gasteiger partial charge in [0.15, 0.2) is 0 Å². The van der Waals surface area contributed by atoms with E-state index in [1.165, 1.54) is 51.9 Å². The Balaban J connectivity index is 1.92. The molecular weight excluding hydrogens is 220 g/mol. The highest BCUT2D eigenvalue weighted by Gasteiger charge is 2.49. The zero-order valence-electron chi connectivity index (χ0n) is 12.8. The molecule has 0 amide bonds. The van der Waals surface area contributed by atoms with Gasteiger partial charge >= 0.3 is 0 Å². The van der Waals surface area contributed by atoms with Gasteiger partial charge in [-0.05, 0) is 44.6 Å². The molecule has 0 saturated carbocycles. The van der Waals surface area contributed by atoms with E-state index < -0.39 is 0 Å². The zero-order valence-corrected chi connectivity index (χ0v) is 12.8. The summed E-state index contributed by atoms with van der Waals surface area (Å²) in [7, 11) is 0. The van der Waals surface area contributed by atoms with Crippen LogP contribution in [0.15, 0.2) is 0 Å². The van der Waals surface area contributed by atoms with Crippen LogP contribution >= 0.6 is 0 Å². The molecule has 0 aromatic rings. The smallest absolute Gasteiger partial charge is 0.0197 e. The second-order valence-corrected chi connectivity index (χ2v) is 7.00. The molecule has 0 aromatic heterocycles. The molecule has 106 valence electrons. The van der Waals surface area contributed by atoms with Crippen LogP contribution < -0.4 is 5.32 Å². The molecule has 3 unspecified atom stereocenters. The summed E-state index contributed by atoms with van der Waals surface area (Å²) >= 11 is 0. The van der Waals surface area contributed by atoms with Gasteiger partial charge in [0.25, 0.3) is 0 Å². The molecule has 0 radical (unpaired) electrons. The van der Waals surface area contributed by atoms with Crippen LogP contribution in [-0.4, -0.2) is 36.6 Å². The summed E-state index contributed by atoms with van der Waals surface area (Å²) in [5, 5.41) is 3.58. The molecular formula is C16H32N2. The molecule has 1 N–H and O–H groups in total. The van der Waals surface area contributed by atoms with Crippen molar-refractivity contribution in [3.63, 3.8) is 0 Å². The largest absolute Gasteiger partial charge is 0.316 e. The van der Waals surface area contributed by atoms with Crippen molar-refractivity contribution in [1.82, 2.24) is 10.2 Å². The van der Waals surface area contributed by atoms with Crippen molar-refractivity contribution in [2.24, 2.45) is 17.8 Å². The van der Waals surface area contributed by atoms with Gasteiger partial charge in [0, 0.05) is 25.2 Å². The highest BCUT2D eigenvalue weighted by atomic mass is 15.2. The molecule has 2 heteroatoms. The summed E-state index contributed by atoms with van der Waals surface area (Å²) < 4.78 is 0. The summed E-state index contributed by atoms with van der Waals surface area (Å²) in [4.78, 5) is 2.80. The van der Waals surface area contributed by atoms with Crippen LogP contribution in [0.5, 0.6) is 0 Å². The minimum absolute atomic E-state index is 0.411. The molecule has 2 heterocycles. The van der Waals surface area contributed by atoms with Crippen molar-refractivity contribution >= 4 is 0 Å². The third-order valence-corrected chi connectivity index (χ3v) is 5.54. The molecule has 2 rings (SSSR count). The van der Waals surface area contributed by atoms with E-state index in [0.717, 1.165) is 17.8 Å². The highest BCUT2D eigenvalue weighted by molar-refractivity contribution is 5.04. The molecule has 2 fully saturated rings. The van der Waals surface area contributed by atoms with Crippen LogP contribution in [0.1, 0.15) is 53.4 Å². The Labute approximate surface area is 114 Å². The Hall–Kier alpha value is -0.0800. The topological polar surface area (TPSA) is 15.3 Å². The number of likely N-dealkylation sites (tertiary alicyclic amines) is 1. The number of hydrogen-bond acceptors (Lipinski definition) is 2. The van der Waals surface area contributed by atoms with Crippen molar-refractivity contribution in [3.8, 4) is 0 Å². The van der Waals surface area contributed by atoms with Gasteiger partial charge in [0.05, 0.1) is 0 Å². The van der Waals surface area contributed by atoms with E-state index in [1.807, 2.05) is 0 Å². The SMILES string of the molecule is CCCCC(CC)CN1CC2CNCC2C1(C)C.